The molecule has 0 radical (unpaired) electrons. The molecular weight excluding hydrogens is 166 g/mol. The van der Waals surface area contributed by atoms with Crippen LogP contribution in [-0.4, -0.2) is 18.1 Å². The third-order valence-corrected chi connectivity index (χ3v) is 2.33. The van der Waals surface area contributed by atoms with Gasteiger partial charge >= 0.3 is 5.97 Å². The Labute approximate surface area is 78.1 Å². The minimum atomic E-state index is -0.154. The summed E-state index contributed by atoms with van der Waals surface area (Å²) in [5.41, 5.74) is 3.60. The SMILES string of the molecule is COC(=O)CCc1c[nH]c(C)c1C. The molecule has 0 aromatic carbocycles. The topological polar surface area (TPSA) is 42.1 Å². The van der Waals surface area contributed by atoms with Gasteiger partial charge in [0.15, 0.2) is 0 Å². The Balaban J connectivity index is 2.55. The highest BCUT2D eigenvalue weighted by Crippen LogP contribution is 2.13. The Kier molecular flexibility index (Phi) is 3.12. The average molecular weight is 181 g/mol. The van der Waals surface area contributed by atoms with Crippen LogP contribution in [0.25, 0.3) is 0 Å². The second kappa shape index (κ2) is 4.12. The minimum Gasteiger partial charge on any atom is -0.469 e. The van der Waals surface area contributed by atoms with Crippen LogP contribution in [-0.2, 0) is 16.0 Å². The van der Waals surface area contributed by atoms with Crippen molar-refractivity contribution in [3.05, 3.63) is 23.0 Å². The Hall–Kier alpha value is -1.25. The van der Waals surface area contributed by atoms with E-state index in [0.29, 0.717) is 6.42 Å². The van der Waals surface area contributed by atoms with Gasteiger partial charge in [-0.15, -0.1) is 0 Å². The van der Waals surface area contributed by atoms with E-state index >= 15 is 0 Å². The number of rotatable bonds is 3. The summed E-state index contributed by atoms with van der Waals surface area (Å²) in [6.07, 6.45) is 3.16. The first kappa shape index (κ1) is 9.84. The number of H-pyrrole nitrogens is 1. The van der Waals surface area contributed by atoms with Crippen LogP contribution in [0.4, 0.5) is 0 Å². The van der Waals surface area contributed by atoms with E-state index in [1.54, 1.807) is 0 Å². The van der Waals surface area contributed by atoms with Gasteiger partial charge in [0.05, 0.1) is 7.11 Å². The molecule has 3 nitrogen and oxygen atoms in total. The summed E-state index contributed by atoms with van der Waals surface area (Å²) in [6.45, 7) is 4.08. The molecule has 1 N–H and O–H groups in total. The number of aromatic amines is 1. The summed E-state index contributed by atoms with van der Waals surface area (Å²) in [5, 5.41) is 0. The van der Waals surface area contributed by atoms with Crippen LogP contribution >= 0.6 is 0 Å². The smallest absolute Gasteiger partial charge is 0.305 e. The lowest BCUT2D eigenvalue weighted by Crippen LogP contribution is -2.01. The summed E-state index contributed by atoms with van der Waals surface area (Å²) < 4.78 is 4.57. The fourth-order valence-electron chi connectivity index (χ4n) is 1.25. The van der Waals surface area contributed by atoms with Gasteiger partial charge in [0, 0.05) is 18.3 Å². The highest BCUT2D eigenvalue weighted by Gasteiger charge is 2.06. The summed E-state index contributed by atoms with van der Waals surface area (Å²) in [6, 6.07) is 0. The molecule has 0 atom stereocenters. The fourth-order valence-corrected chi connectivity index (χ4v) is 1.25. The molecule has 0 saturated heterocycles. The van der Waals surface area contributed by atoms with Crippen molar-refractivity contribution in [1.29, 1.82) is 0 Å². The molecule has 72 valence electrons. The standard InChI is InChI=1S/C10H15NO2/c1-7-8(2)11-6-9(7)4-5-10(12)13-3/h6,11H,4-5H2,1-3H3. The number of hydrogen-bond donors (Lipinski definition) is 1. The fraction of sp³-hybridized carbons (Fsp3) is 0.500. The predicted octanol–water partition coefficient (Wildman–Crippen LogP) is 1.74. The number of carbonyl (C=O) groups excluding carboxylic acids is 1. The molecule has 0 saturated carbocycles. The van der Waals surface area contributed by atoms with Crippen LogP contribution < -0.4 is 0 Å². The van der Waals surface area contributed by atoms with Crippen LogP contribution in [0.2, 0.25) is 0 Å². The predicted molar refractivity (Wildman–Crippen MR) is 50.6 cm³/mol. The van der Waals surface area contributed by atoms with E-state index in [2.05, 4.69) is 16.6 Å². The Morgan fingerprint density at radius 3 is 2.69 bits per heavy atom. The first-order valence-corrected chi connectivity index (χ1v) is 4.35. The van der Waals surface area contributed by atoms with Crippen molar-refractivity contribution in [2.75, 3.05) is 7.11 Å². The lowest BCUT2D eigenvalue weighted by molar-refractivity contribution is -0.140. The minimum absolute atomic E-state index is 0.154. The van der Waals surface area contributed by atoms with Crippen LogP contribution in [0.15, 0.2) is 6.20 Å². The third-order valence-electron chi connectivity index (χ3n) is 2.33. The molecule has 1 heterocycles. The van der Waals surface area contributed by atoms with Gasteiger partial charge in [-0.3, -0.25) is 4.79 Å². The van der Waals surface area contributed by atoms with Crippen molar-refractivity contribution in [2.45, 2.75) is 26.7 Å². The summed E-state index contributed by atoms with van der Waals surface area (Å²) in [4.78, 5) is 14.0. The Bertz CT molecular complexity index is 302. The maximum Gasteiger partial charge on any atom is 0.305 e. The molecule has 3 heteroatoms. The average Bonchev–Trinajstić information content (AvgIpc) is 2.44. The summed E-state index contributed by atoms with van der Waals surface area (Å²) >= 11 is 0. The van der Waals surface area contributed by atoms with Crippen molar-refractivity contribution in [3.63, 3.8) is 0 Å². The number of ether oxygens (including phenoxy) is 1. The molecule has 1 rings (SSSR count). The lowest BCUT2D eigenvalue weighted by atomic mass is 10.1. The number of aryl methyl sites for hydroxylation is 2. The molecule has 0 unspecified atom stereocenters. The molecule has 0 spiro atoms. The number of aromatic nitrogens is 1. The van der Waals surface area contributed by atoms with Gasteiger partial charge in [-0.1, -0.05) is 0 Å². The van der Waals surface area contributed by atoms with E-state index in [9.17, 15) is 4.79 Å². The Morgan fingerprint density at radius 2 is 2.23 bits per heavy atom. The normalized spacial score (nSPS) is 10.1. The second-order valence-corrected chi connectivity index (χ2v) is 3.14. The monoisotopic (exact) mass is 181 g/mol. The van der Waals surface area contributed by atoms with E-state index in [1.807, 2.05) is 13.1 Å². The first-order valence-electron chi connectivity index (χ1n) is 4.35. The first-order chi connectivity index (χ1) is 6.15. The molecule has 0 aliphatic carbocycles. The zero-order valence-corrected chi connectivity index (χ0v) is 8.31. The maximum absolute atomic E-state index is 10.9. The van der Waals surface area contributed by atoms with Gasteiger partial charge in [0.25, 0.3) is 0 Å². The van der Waals surface area contributed by atoms with Crippen molar-refractivity contribution < 1.29 is 9.53 Å². The number of esters is 1. The molecule has 1 aromatic rings. The van der Waals surface area contributed by atoms with Crippen LogP contribution in [0, 0.1) is 13.8 Å². The van der Waals surface area contributed by atoms with Crippen LogP contribution in [0.5, 0.6) is 0 Å². The number of methoxy groups -OCH3 is 1. The second-order valence-electron chi connectivity index (χ2n) is 3.14. The molecule has 0 aliphatic rings. The number of hydrogen-bond acceptors (Lipinski definition) is 2. The summed E-state index contributed by atoms with van der Waals surface area (Å²) in [5.74, 6) is -0.154. The Morgan fingerprint density at radius 1 is 1.54 bits per heavy atom. The quantitative estimate of drug-likeness (QED) is 0.722. The third kappa shape index (κ3) is 2.34. The molecule has 0 aliphatic heterocycles. The van der Waals surface area contributed by atoms with Crippen molar-refractivity contribution in [2.24, 2.45) is 0 Å². The van der Waals surface area contributed by atoms with Gasteiger partial charge in [-0.2, -0.15) is 0 Å². The van der Waals surface area contributed by atoms with Crippen LogP contribution in [0.1, 0.15) is 23.2 Å². The van der Waals surface area contributed by atoms with E-state index in [0.717, 1.165) is 6.42 Å². The van der Waals surface area contributed by atoms with Gasteiger partial charge in [0.2, 0.25) is 0 Å². The molecular formula is C10H15NO2. The van der Waals surface area contributed by atoms with E-state index in [-0.39, 0.29) is 5.97 Å². The van der Waals surface area contributed by atoms with Crippen molar-refractivity contribution in [1.82, 2.24) is 4.98 Å². The van der Waals surface area contributed by atoms with Gasteiger partial charge < -0.3 is 9.72 Å². The lowest BCUT2D eigenvalue weighted by Gasteiger charge is -1.99. The van der Waals surface area contributed by atoms with Gasteiger partial charge in [-0.25, -0.2) is 0 Å². The van der Waals surface area contributed by atoms with Crippen molar-refractivity contribution in [3.8, 4) is 0 Å². The van der Waals surface area contributed by atoms with Gasteiger partial charge in [-0.05, 0) is 31.4 Å². The largest absolute Gasteiger partial charge is 0.469 e. The van der Waals surface area contributed by atoms with E-state index in [1.165, 1.54) is 23.9 Å². The molecule has 0 amide bonds. The highest BCUT2D eigenvalue weighted by atomic mass is 16.5. The molecule has 13 heavy (non-hydrogen) atoms. The molecule has 0 bridgehead atoms. The van der Waals surface area contributed by atoms with Crippen molar-refractivity contribution >= 4 is 5.97 Å². The summed E-state index contributed by atoms with van der Waals surface area (Å²) in [7, 11) is 1.41. The zero-order chi connectivity index (χ0) is 9.84. The van der Waals surface area contributed by atoms with Gasteiger partial charge in [0.1, 0.15) is 0 Å². The highest BCUT2D eigenvalue weighted by molar-refractivity contribution is 5.69. The molecule has 0 fully saturated rings. The van der Waals surface area contributed by atoms with E-state index in [4.69, 9.17) is 0 Å². The number of nitrogens with one attached hydrogen (secondary N) is 1. The van der Waals surface area contributed by atoms with Crippen LogP contribution in [0.3, 0.4) is 0 Å². The number of carbonyl (C=O) groups is 1. The van der Waals surface area contributed by atoms with E-state index < -0.39 is 0 Å². The maximum atomic E-state index is 10.9. The zero-order valence-electron chi connectivity index (χ0n) is 8.31. The molecule has 1 aromatic heterocycles.